The molecule has 0 aromatic carbocycles. The van der Waals surface area contributed by atoms with Crippen molar-refractivity contribution in [3.8, 4) is 0 Å². The summed E-state index contributed by atoms with van der Waals surface area (Å²) in [4.78, 5) is 16.0. The van der Waals surface area contributed by atoms with Crippen LogP contribution in [0, 0.1) is 5.92 Å². The van der Waals surface area contributed by atoms with E-state index in [1.165, 1.54) is 22.4 Å². The minimum absolute atomic E-state index is 0. The van der Waals surface area contributed by atoms with Gasteiger partial charge < -0.3 is 24.6 Å². The summed E-state index contributed by atoms with van der Waals surface area (Å²) in [5.74, 6) is 0.543. The second kappa shape index (κ2) is 9.70. The molecule has 8 atom stereocenters. The van der Waals surface area contributed by atoms with E-state index < -0.39 is 35.9 Å². The normalized spacial score (nSPS) is 41.1. The van der Waals surface area contributed by atoms with Gasteiger partial charge in [0.1, 0.15) is 18.0 Å². The smallest absolute Gasteiger partial charge is 0.351 e. The molecule has 4 rings (SSSR count). The number of ether oxygens (including phenoxy) is 1. The van der Waals surface area contributed by atoms with Crippen molar-refractivity contribution in [1.82, 2.24) is 9.55 Å². The fraction of sp³-hybridized carbons (Fsp3) is 0.700. The summed E-state index contributed by atoms with van der Waals surface area (Å²) < 4.78 is 19.9. The Bertz CT molecular complexity index is 978. The van der Waals surface area contributed by atoms with E-state index in [2.05, 4.69) is 25.4 Å². The van der Waals surface area contributed by atoms with Crippen LogP contribution in [0.2, 0.25) is 0 Å². The number of allylic oxidation sites excluding steroid dienone is 1. The molecule has 2 aliphatic heterocycles. The van der Waals surface area contributed by atoms with Crippen molar-refractivity contribution >= 4 is 48.2 Å². The van der Waals surface area contributed by atoms with E-state index >= 15 is 0 Å². The summed E-state index contributed by atoms with van der Waals surface area (Å²) in [6.45, 7) is 10.3. The van der Waals surface area contributed by atoms with Crippen molar-refractivity contribution in [2.24, 2.45) is 5.92 Å². The van der Waals surface area contributed by atoms with Gasteiger partial charge in [0.2, 0.25) is 5.69 Å². The van der Waals surface area contributed by atoms with Gasteiger partial charge in [-0.3, -0.25) is 4.57 Å². The predicted molar refractivity (Wildman–Crippen MR) is 136 cm³/mol. The minimum atomic E-state index is -2.72. The highest BCUT2D eigenvalue weighted by molar-refractivity contribution is 8.68. The van der Waals surface area contributed by atoms with Crippen molar-refractivity contribution in [1.29, 1.82) is 0 Å². The zero-order valence-corrected chi connectivity index (χ0v) is 22.0. The van der Waals surface area contributed by atoms with Gasteiger partial charge in [-0.25, -0.2) is 4.79 Å². The zero-order chi connectivity index (χ0) is 22.6. The predicted octanol–water partition coefficient (Wildman–Crippen LogP) is 3.48. The highest BCUT2D eigenvalue weighted by Crippen LogP contribution is 2.76. The van der Waals surface area contributed by atoms with Crippen molar-refractivity contribution in [2.75, 3.05) is 5.73 Å². The Morgan fingerprint density at radius 1 is 1.59 bits per heavy atom. The Balaban J connectivity index is 0.00000289. The van der Waals surface area contributed by atoms with Crippen LogP contribution >= 0.6 is 30.6 Å². The van der Waals surface area contributed by atoms with Gasteiger partial charge in [0, 0.05) is 10.9 Å². The molecule has 3 heterocycles. The molecule has 1 aromatic rings. The van der Waals surface area contributed by atoms with E-state index in [0.717, 1.165) is 19.3 Å². The fourth-order valence-corrected chi connectivity index (χ4v) is 12.2. The molecule has 0 spiro atoms. The Hall–Kier alpha value is -0.390. The minimum Gasteiger partial charge on any atom is -0.386 e. The van der Waals surface area contributed by atoms with Gasteiger partial charge in [0.25, 0.3) is 0 Å². The molecule has 1 aromatic heterocycles. The maximum absolute atomic E-state index is 12.3. The first kappa shape index (κ1) is 26.2. The van der Waals surface area contributed by atoms with Gasteiger partial charge in [-0.05, 0) is 63.3 Å². The molecule has 1 saturated carbocycles. The largest absolute Gasteiger partial charge is 0.386 e. The number of nitrogens with two attached hydrogens (primary N) is 1. The van der Waals surface area contributed by atoms with Crippen LogP contribution in [0.15, 0.2) is 29.2 Å². The Morgan fingerprint density at radius 2 is 2.31 bits per heavy atom. The number of aliphatic hydroxyl groups is 1. The van der Waals surface area contributed by atoms with E-state index in [0.29, 0.717) is 12.3 Å². The summed E-state index contributed by atoms with van der Waals surface area (Å²) in [5, 5.41) is 11.0. The van der Waals surface area contributed by atoms with Gasteiger partial charge in [0.05, 0.1) is 12.2 Å². The summed E-state index contributed by atoms with van der Waals surface area (Å²) in [5.41, 5.74) is 3.45. The second-order valence-corrected chi connectivity index (χ2v) is 15.4. The van der Waals surface area contributed by atoms with Crippen molar-refractivity contribution in [3.63, 3.8) is 0 Å². The van der Waals surface area contributed by atoms with E-state index in [9.17, 15) is 9.90 Å². The summed E-state index contributed by atoms with van der Waals surface area (Å²) in [7, 11) is 0. The first-order chi connectivity index (χ1) is 14.5. The summed E-state index contributed by atoms with van der Waals surface area (Å²) in [6, 6.07) is 1.49. The summed E-state index contributed by atoms with van der Waals surface area (Å²) in [6.07, 6.45) is 1.87. The lowest BCUT2D eigenvalue weighted by molar-refractivity contribution is -0.0403. The van der Waals surface area contributed by atoms with Gasteiger partial charge in [-0.2, -0.15) is 18.5 Å². The van der Waals surface area contributed by atoms with Crippen LogP contribution in [0.4, 0.5) is 5.82 Å². The molecule has 0 unspecified atom stereocenters. The lowest BCUT2D eigenvalue weighted by Gasteiger charge is -2.37. The van der Waals surface area contributed by atoms with E-state index in [-0.39, 0.29) is 30.2 Å². The van der Waals surface area contributed by atoms with E-state index in [1.54, 1.807) is 11.4 Å². The number of aromatic nitrogens is 2. The second-order valence-electron chi connectivity index (χ2n) is 8.84. The number of nitrogen functional groups attached to an aromatic ring is 1. The average Bonchev–Trinajstić information content (AvgIpc) is 3.14. The Labute approximate surface area is 204 Å². The molecule has 0 amide bonds. The monoisotopic (exact) mass is 521 g/mol. The van der Waals surface area contributed by atoms with Gasteiger partial charge >= 0.3 is 5.69 Å². The van der Waals surface area contributed by atoms with Crippen LogP contribution in [-0.2, 0) is 25.6 Å². The highest BCUT2D eigenvalue weighted by atomic mass is 32.9. The van der Waals surface area contributed by atoms with E-state index in [1.807, 2.05) is 6.92 Å². The molecule has 180 valence electrons. The third-order valence-corrected chi connectivity index (χ3v) is 12.3. The quantitative estimate of drug-likeness (QED) is 0.445. The first-order valence-corrected chi connectivity index (χ1v) is 14.6. The molecular formula is C20H32N3O5PS3. The van der Waals surface area contributed by atoms with Crippen LogP contribution in [0.5, 0.6) is 0 Å². The average molecular weight is 522 g/mol. The SMILES string of the molecule is C=C(C)[C@@H]1CC[C@]2(C)S[P@@](=S)(O[C@H]3[C@@H](O)[C@H](n4ccc(N)nc4=O)O[C@@H]3CC)O[C@H]2C1.S. The molecule has 2 saturated heterocycles. The number of fused-ring (bicyclic) bond motifs is 1. The standard InChI is InChI=1S/C20H30N3O5PS2.H2S/c1-5-13-17(16(24)18(26-13)23-9-7-15(21)22-19(23)25)28-29(30)27-14-10-12(11(2)3)6-8-20(14,4)31-29;/h7,9,12-14,16-18,24H,2,5-6,8,10H2,1,3-4H3,(H2,21,22,25);1H2/t12-,13-,14+,16-,17-,18-,20+,29-;/m1./s1. The number of hydrogen-bond donors (Lipinski definition) is 2. The highest BCUT2D eigenvalue weighted by Gasteiger charge is 2.56. The number of nitrogens with zero attached hydrogens (tertiary/aromatic N) is 2. The molecule has 32 heavy (non-hydrogen) atoms. The van der Waals surface area contributed by atoms with Crippen LogP contribution in [-0.4, -0.2) is 43.8 Å². The molecule has 8 nitrogen and oxygen atoms in total. The molecular weight excluding hydrogens is 489 g/mol. The van der Waals surface area contributed by atoms with Crippen molar-refractivity contribution in [3.05, 3.63) is 34.9 Å². The molecule has 0 bridgehead atoms. The van der Waals surface area contributed by atoms with Crippen LogP contribution in [0.25, 0.3) is 0 Å². The molecule has 0 radical (unpaired) electrons. The molecule has 3 N–H and O–H groups in total. The topological polar surface area (TPSA) is 109 Å². The number of hydrogen-bond acceptors (Lipinski definition) is 9. The van der Waals surface area contributed by atoms with Gasteiger partial charge in [-0.15, -0.1) is 0 Å². The lowest BCUT2D eigenvalue weighted by Crippen LogP contribution is -2.39. The van der Waals surface area contributed by atoms with Gasteiger partial charge in [0.15, 0.2) is 6.23 Å². The van der Waals surface area contributed by atoms with Gasteiger partial charge in [-0.1, -0.05) is 30.5 Å². The first-order valence-electron chi connectivity index (χ1n) is 10.6. The zero-order valence-electron chi connectivity index (χ0n) is 18.5. The lowest BCUT2D eigenvalue weighted by atomic mass is 9.77. The Kier molecular flexibility index (Phi) is 7.94. The van der Waals surface area contributed by atoms with Crippen molar-refractivity contribution < 1.29 is 18.9 Å². The van der Waals surface area contributed by atoms with Crippen LogP contribution < -0.4 is 11.4 Å². The number of rotatable bonds is 5. The van der Waals surface area contributed by atoms with E-state index in [4.69, 9.17) is 31.3 Å². The third-order valence-electron chi connectivity index (χ3n) is 6.53. The van der Waals surface area contributed by atoms with Crippen molar-refractivity contribution in [2.45, 2.75) is 81.8 Å². The number of aliphatic hydroxyl groups excluding tert-OH is 1. The number of anilines is 1. The molecule has 12 heteroatoms. The van der Waals surface area contributed by atoms with Crippen LogP contribution in [0.1, 0.15) is 52.7 Å². The fourth-order valence-electron chi connectivity index (χ4n) is 4.61. The maximum Gasteiger partial charge on any atom is 0.351 e. The molecule has 3 aliphatic rings. The summed E-state index contributed by atoms with van der Waals surface area (Å²) >= 11 is 7.49. The molecule has 3 fully saturated rings. The Morgan fingerprint density at radius 3 is 2.94 bits per heavy atom. The molecule has 1 aliphatic carbocycles. The third kappa shape index (κ3) is 4.86. The van der Waals surface area contributed by atoms with Crippen LogP contribution in [0.3, 0.4) is 0 Å². The maximum atomic E-state index is 12.3.